The largest absolute Gasteiger partial charge is 0.508 e. The molecule has 0 bridgehead atoms. The molecule has 0 spiro atoms. The van der Waals surface area contributed by atoms with Gasteiger partial charge < -0.3 is 15.3 Å². The molecule has 0 radical (unpaired) electrons. The van der Waals surface area contributed by atoms with Crippen molar-refractivity contribution in [3.8, 4) is 5.75 Å². The van der Waals surface area contributed by atoms with Crippen LogP contribution in [0.4, 0.5) is 4.79 Å². The molecule has 2 aromatic rings. The van der Waals surface area contributed by atoms with Gasteiger partial charge in [0.15, 0.2) is 0 Å². The Labute approximate surface area is 148 Å². The number of nitrogens with one attached hydrogen (secondary N) is 1. The highest BCUT2D eigenvalue weighted by Gasteiger charge is 2.30. The van der Waals surface area contributed by atoms with Crippen molar-refractivity contribution in [3.05, 3.63) is 59.9 Å². The van der Waals surface area contributed by atoms with Gasteiger partial charge in [0.1, 0.15) is 5.75 Å². The molecule has 2 N–H and O–H groups in total. The average Bonchev–Trinajstić information content (AvgIpc) is 3.12. The quantitative estimate of drug-likeness (QED) is 0.874. The zero-order chi connectivity index (χ0) is 17.6. The lowest BCUT2D eigenvalue weighted by molar-refractivity contribution is 0.189. The number of aromatic nitrogens is 1. The number of hydrogen-bond acceptors (Lipinski definition) is 3. The van der Waals surface area contributed by atoms with E-state index in [-0.39, 0.29) is 23.9 Å². The number of hydrogen-bond donors (Lipinski definition) is 2. The van der Waals surface area contributed by atoms with E-state index in [2.05, 4.69) is 10.3 Å². The summed E-state index contributed by atoms with van der Waals surface area (Å²) in [7, 11) is 0. The maximum absolute atomic E-state index is 12.7. The fourth-order valence-electron chi connectivity index (χ4n) is 3.35. The van der Waals surface area contributed by atoms with Crippen LogP contribution in [-0.2, 0) is 6.42 Å². The maximum atomic E-state index is 12.7. The zero-order valence-corrected chi connectivity index (χ0v) is 14.6. The van der Waals surface area contributed by atoms with Crippen LogP contribution in [0.3, 0.4) is 0 Å². The van der Waals surface area contributed by atoms with Crippen molar-refractivity contribution in [1.82, 2.24) is 15.2 Å². The number of nitrogens with zero attached hydrogens (tertiary/aromatic N) is 2. The number of carbonyl (C=O) groups is 1. The molecule has 0 aliphatic carbocycles. The van der Waals surface area contributed by atoms with E-state index in [0.717, 1.165) is 43.4 Å². The number of aryl methyl sites for hydroxylation is 1. The second kappa shape index (κ2) is 8.01. The first-order chi connectivity index (χ1) is 12.1. The molecule has 5 nitrogen and oxygen atoms in total. The molecule has 3 rings (SSSR count). The van der Waals surface area contributed by atoms with Gasteiger partial charge in [0, 0.05) is 25.0 Å². The van der Waals surface area contributed by atoms with Gasteiger partial charge in [0.05, 0.1) is 6.04 Å². The van der Waals surface area contributed by atoms with Crippen molar-refractivity contribution in [2.75, 3.05) is 6.54 Å². The summed E-state index contributed by atoms with van der Waals surface area (Å²) < 4.78 is 0. The summed E-state index contributed by atoms with van der Waals surface area (Å²) in [6.45, 7) is 2.83. The summed E-state index contributed by atoms with van der Waals surface area (Å²) in [4.78, 5) is 18.7. The third-order valence-electron chi connectivity index (χ3n) is 4.78. The van der Waals surface area contributed by atoms with E-state index in [1.807, 2.05) is 36.1 Å². The van der Waals surface area contributed by atoms with E-state index in [4.69, 9.17) is 0 Å². The predicted molar refractivity (Wildman–Crippen MR) is 97.3 cm³/mol. The third-order valence-corrected chi connectivity index (χ3v) is 4.78. The Morgan fingerprint density at radius 3 is 2.72 bits per heavy atom. The summed E-state index contributed by atoms with van der Waals surface area (Å²) in [5.41, 5.74) is 2.31. The number of pyridine rings is 1. The van der Waals surface area contributed by atoms with Gasteiger partial charge in [0.25, 0.3) is 0 Å². The number of rotatable bonds is 5. The molecule has 2 amide bonds. The summed E-state index contributed by atoms with van der Waals surface area (Å²) >= 11 is 0. The summed E-state index contributed by atoms with van der Waals surface area (Å²) in [5.74, 6) is 0.279. The molecule has 2 unspecified atom stereocenters. The van der Waals surface area contributed by atoms with Crippen LogP contribution in [0.25, 0.3) is 0 Å². The normalized spacial score (nSPS) is 18.1. The van der Waals surface area contributed by atoms with Gasteiger partial charge in [0.2, 0.25) is 0 Å². The fraction of sp³-hybridized carbons (Fsp3) is 0.400. The molecule has 5 heteroatoms. The Balaban J connectivity index is 1.53. The Morgan fingerprint density at radius 1 is 1.28 bits per heavy atom. The van der Waals surface area contributed by atoms with Crippen LogP contribution in [-0.4, -0.2) is 33.6 Å². The number of carbonyl (C=O) groups excluding carboxylic acids is 1. The van der Waals surface area contributed by atoms with Crippen LogP contribution in [0.1, 0.15) is 43.4 Å². The molecule has 1 aliphatic rings. The minimum Gasteiger partial charge on any atom is -0.508 e. The van der Waals surface area contributed by atoms with Crippen molar-refractivity contribution in [2.45, 2.75) is 44.7 Å². The van der Waals surface area contributed by atoms with Gasteiger partial charge in [-0.05, 0) is 68.0 Å². The van der Waals surface area contributed by atoms with Crippen molar-refractivity contribution >= 4 is 6.03 Å². The monoisotopic (exact) mass is 339 g/mol. The lowest BCUT2D eigenvalue weighted by atomic mass is 10.1. The van der Waals surface area contributed by atoms with Crippen molar-refractivity contribution in [1.29, 1.82) is 0 Å². The number of phenolic OH excluding ortho intramolecular Hbond substituents is 1. The SMILES string of the molecule is CC(CCc1ccc(O)cc1)NC(=O)N1CCCC1c1ccncc1. The molecule has 132 valence electrons. The van der Waals surface area contributed by atoms with Crippen LogP contribution in [0.2, 0.25) is 0 Å². The molecule has 1 aliphatic heterocycles. The minimum atomic E-state index is 0.0116. The summed E-state index contributed by atoms with van der Waals surface area (Å²) in [6.07, 6.45) is 7.33. The van der Waals surface area contributed by atoms with Gasteiger partial charge in [-0.25, -0.2) is 4.79 Å². The molecule has 2 heterocycles. The molecule has 0 saturated carbocycles. The molecule has 1 saturated heterocycles. The number of aromatic hydroxyl groups is 1. The highest BCUT2D eigenvalue weighted by atomic mass is 16.3. The number of urea groups is 1. The lowest BCUT2D eigenvalue weighted by Crippen LogP contribution is -2.43. The van der Waals surface area contributed by atoms with Crippen LogP contribution >= 0.6 is 0 Å². The van der Waals surface area contributed by atoms with Crippen molar-refractivity contribution < 1.29 is 9.90 Å². The minimum absolute atomic E-state index is 0.0116. The Morgan fingerprint density at radius 2 is 2.00 bits per heavy atom. The molecule has 1 fully saturated rings. The standard InChI is InChI=1S/C20H25N3O2/c1-15(4-5-16-6-8-18(24)9-7-16)22-20(25)23-14-2-3-19(23)17-10-12-21-13-11-17/h6-13,15,19,24H,2-5,14H2,1H3,(H,22,25). The second-order valence-corrected chi connectivity index (χ2v) is 6.69. The smallest absolute Gasteiger partial charge is 0.318 e. The predicted octanol–water partition coefficient (Wildman–Crippen LogP) is 3.66. The van der Waals surface area contributed by atoms with Crippen LogP contribution in [0, 0.1) is 0 Å². The number of amides is 2. The number of likely N-dealkylation sites (tertiary alicyclic amines) is 1. The van der Waals surface area contributed by atoms with Gasteiger partial charge in [-0.1, -0.05) is 12.1 Å². The third kappa shape index (κ3) is 4.50. The first-order valence-corrected chi connectivity index (χ1v) is 8.88. The van der Waals surface area contributed by atoms with E-state index in [9.17, 15) is 9.90 Å². The van der Waals surface area contributed by atoms with Gasteiger partial charge in [-0.3, -0.25) is 4.98 Å². The highest BCUT2D eigenvalue weighted by Crippen LogP contribution is 2.31. The maximum Gasteiger partial charge on any atom is 0.318 e. The molecule has 2 atom stereocenters. The molecule has 25 heavy (non-hydrogen) atoms. The van der Waals surface area contributed by atoms with Crippen molar-refractivity contribution in [3.63, 3.8) is 0 Å². The Kier molecular flexibility index (Phi) is 5.53. The van der Waals surface area contributed by atoms with E-state index >= 15 is 0 Å². The van der Waals surface area contributed by atoms with Gasteiger partial charge >= 0.3 is 6.03 Å². The number of benzene rings is 1. The molecular formula is C20H25N3O2. The van der Waals surface area contributed by atoms with Gasteiger partial charge in [-0.15, -0.1) is 0 Å². The first kappa shape index (κ1) is 17.3. The average molecular weight is 339 g/mol. The van der Waals surface area contributed by atoms with E-state index < -0.39 is 0 Å². The molecular weight excluding hydrogens is 314 g/mol. The number of phenols is 1. The molecule has 1 aromatic heterocycles. The van der Waals surface area contributed by atoms with E-state index in [1.54, 1.807) is 24.5 Å². The van der Waals surface area contributed by atoms with E-state index in [1.165, 1.54) is 0 Å². The zero-order valence-electron chi connectivity index (χ0n) is 14.6. The summed E-state index contributed by atoms with van der Waals surface area (Å²) in [6, 6.07) is 11.5. The summed E-state index contributed by atoms with van der Waals surface area (Å²) in [5, 5.41) is 12.5. The Bertz CT molecular complexity index is 688. The van der Waals surface area contributed by atoms with Crippen LogP contribution in [0.5, 0.6) is 5.75 Å². The topological polar surface area (TPSA) is 65.5 Å². The Hall–Kier alpha value is -2.56. The lowest BCUT2D eigenvalue weighted by Gasteiger charge is -2.27. The second-order valence-electron chi connectivity index (χ2n) is 6.69. The van der Waals surface area contributed by atoms with E-state index in [0.29, 0.717) is 0 Å². The fourth-order valence-corrected chi connectivity index (χ4v) is 3.35. The molecule has 1 aromatic carbocycles. The van der Waals surface area contributed by atoms with Crippen LogP contribution in [0.15, 0.2) is 48.8 Å². The van der Waals surface area contributed by atoms with Gasteiger partial charge in [-0.2, -0.15) is 0 Å². The highest BCUT2D eigenvalue weighted by molar-refractivity contribution is 5.75. The van der Waals surface area contributed by atoms with Crippen LogP contribution < -0.4 is 5.32 Å². The van der Waals surface area contributed by atoms with Crippen molar-refractivity contribution in [2.24, 2.45) is 0 Å². The first-order valence-electron chi connectivity index (χ1n) is 8.88.